The molecule has 0 saturated carbocycles. The van der Waals surface area contributed by atoms with Gasteiger partial charge in [0.2, 0.25) is 5.91 Å². The van der Waals surface area contributed by atoms with Crippen molar-refractivity contribution in [1.82, 2.24) is 10.2 Å². The van der Waals surface area contributed by atoms with E-state index in [1.165, 1.54) is 0 Å². The van der Waals surface area contributed by atoms with Crippen LogP contribution in [-0.2, 0) is 14.3 Å². The van der Waals surface area contributed by atoms with Crippen LogP contribution in [0.1, 0.15) is 19.8 Å². The largest absolute Gasteiger partial charge is 0.378 e. The van der Waals surface area contributed by atoms with Crippen LogP contribution >= 0.6 is 0 Å². The van der Waals surface area contributed by atoms with Gasteiger partial charge in [-0.05, 0) is 19.8 Å². The zero-order chi connectivity index (χ0) is 12.1. The fourth-order valence-electron chi connectivity index (χ4n) is 2.45. The molecule has 2 atom stereocenters. The Labute approximate surface area is 102 Å². The topological polar surface area (TPSA) is 50.8 Å². The third-order valence-corrected chi connectivity index (χ3v) is 3.31. The Balaban J connectivity index is 1.85. The summed E-state index contributed by atoms with van der Waals surface area (Å²) in [4.78, 5) is 14.1. The summed E-state index contributed by atoms with van der Waals surface area (Å²) in [6.45, 7) is 6.25. The third kappa shape index (κ3) is 3.40. The van der Waals surface area contributed by atoms with Gasteiger partial charge in [-0.1, -0.05) is 0 Å². The quantitative estimate of drug-likeness (QED) is 0.757. The summed E-state index contributed by atoms with van der Waals surface area (Å²) in [5.74, 6) is 0.161. The van der Waals surface area contributed by atoms with Gasteiger partial charge in [0, 0.05) is 26.2 Å². The first-order valence-corrected chi connectivity index (χ1v) is 6.52. The predicted molar refractivity (Wildman–Crippen MR) is 63.8 cm³/mol. The fourth-order valence-corrected chi connectivity index (χ4v) is 2.45. The lowest BCUT2D eigenvalue weighted by Crippen LogP contribution is -2.55. The zero-order valence-electron chi connectivity index (χ0n) is 10.5. The lowest BCUT2D eigenvalue weighted by Gasteiger charge is -2.35. The number of rotatable bonds is 3. The molecule has 1 N–H and O–H groups in total. The first-order valence-electron chi connectivity index (χ1n) is 6.52. The molecule has 1 amide bonds. The SMILES string of the molecule is CCO[C@@H]1CCCN(C(=O)[C@H]2COCCN2)C1. The number of nitrogens with one attached hydrogen (secondary N) is 1. The van der Waals surface area contributed by atoms with Gasteiger partial charge in [0.05, 0.1) is 19.3 Å². The number of morpholine rings is 1. The standard InChI is InChI=1S/C12H22N2O3/c1-2-17-10-4-3-6-14(8-10)12(15)11-9-16-7-5-13-11/h10-11,13H,2-9H2,1H3/t10-,11-/m1/s1. The molecule has 98 valence electrons. The van der Waals surface area contributed by atoms with E-state index in [9.17, 15) is 4.79 Å². The van der Waals surface area contributed by atoms with Gasteiger partial charge in [0.15, 0.2) is 0 Å². The van der Waals surface area contributed by atoms with Gasteiger partial charge in [-0.3, -0.25) is 4.79 Å². The number of carbonyl (C=O) groups is 1. The minimum atomic E-state index is -0.163. The third-order valence-electron chi connectivity index (χ3n) is 3.31. The molecular formula is C12H22N2O3. The Kier molecular flexibility index (Phi) is 4.76. The van der Waals surface area contributed by atoms with E-state index in [1.54, 1.807) is 0 Å². The Morgan fingerprint density at radius 2 is 2.47 bits per heavy atom. The Morgan fingerprint density at radius 1 is 1.59 bits per heavy atom. The highest BCUT2D eigenvalue weighted by Crippen LogP contribution is 2.14. The van der Waals surface area contributed by atoms with Crippen LogP contribution in [0.25, 0.3) is 0 Å². The van der Waals surface area contributed by atoms with Crippen LogP contribution < -0.4 is 5.32 Å². The van der Waals surface area contributed by atoms with E-state index in [1.807, 2.05) is 11.8 Å². The number of amides is 1. The molecule has 17 heavy (non-hydrogen) atoms. The van der Waals surface area contributed by atoms with E-state index < -0.39 is 0 Å². The molecule has 0 spiro atoms. The number of likely N-dealkylation sites (tertiary alicyclic amines) is 1. The average Bonchev–Trinajstić information content (AvgIpc) is 2.40. The minimum Gasteiger partial charge on any atom is -0.378 e. The average molecular weight is 242 g/mol. The van der Waals surface area contributed by atoms with Crippen molar-refractivity contribution < 1.29 is 14.3 Å². The van der Waals surface area contributed by atoms with Crippen LogP contribution in [0.15, 0.2) is 0 Å². The van der Waals surface area contributed by atoms with Crippen LogP contribution in [-0.4, -0.2) is 62.4 Å². The van der Waals surface area contributed by atoms with Crippen molar-refractivity contribution in [2.24, 2.45) is 0 Å². The molecular weight excluding hydrogens is 220 g/mol. The van der Waals surface area contributed by atoms with E-state index >= 15 is 0 Å². The molecule has 0 aromatic heterocycles. The lowest BCUT2D eigenvalue weighted by molar-refractivity contribution is -0.140. The first kappa shape index (κ1) is 12.8. The fraction of sp³-hybridized carbons (Fsp3) is 0.917. The summed E-state index contributed by atoms with van der Waals surface area (Å²) in [7, 11) is 0. The van der Waals surface area contributed by atoms with Crippen molar-refractivity contribution in [2.75, 3.05) is 39.5 Å². The zero-order valence-corrected chi connectivity index (χ0v) is 10.5. The molecule has 0 unspecified atom stereocenters. The molecule has 0 aliphatic carbocycles. The van der Waals surface area contributed by atoms with Gasteiger partial charge >= 0.3 is 0 Å². The number of piperidine rings is 1. The molecule has 0 radical (unpaired) electrons. The summed E-state index contributed by atoms with van der Waals surface area (Å²) < 4.78 is 10.9. The van der Waals surface area contributed by atoms with Crippen molar-refractivity contribution in [2.45, 2.75) is 31.9 Å². The van der Waals surface area contributed by atoms with Crippen molar-refractivity contribution in [3.05, 3.63) is 0 Å². The molecule has 2 fully saturated rings. The number of hydrogen-bond donors (Lipinski definition) is 1. The van der Waals surface area contributed by atoms with Crippen LogP contribution in [0.4, 0.5) is 0 Å². The summed E-state index contributed by atoms with van der Waals surface area (Å²) in [6.07, 6.45) is 2.30. The lowest BCUT2D eigenvalue weighted by atomic mass is 10.1. The first-order chi connectivity index (χ1) is 8.31. The summed E-state index contributed by atoms with van der Waals surface area (Å²) in [5.41, 5.74) is 0. The normalized spacial score (nSPS) is 30.3. The van der Waals surface area contributed by atoms with Crippen molar-refractivity contribution in [1.29, 1.82) is 0 Å². The minimum absolute atomic E-state index is 0.161. The number of ether oxygens (including phenoxy) is 2. The van der Waals surface area contributed by atoms with Crippen molar-refractivity contribution in [3.8, 4) is 0 Å². The Bertz CT molecular complexity index is 252. The maximum atomic E-state index is 12.2. The number of carbonyl (C=O) groups excluding carboxylic acids is 1. The number of hydrogen-bond acceptors (Lipinski definition) is 4. The molecule has 0 aromatic rings. The highest BCUT2D eigenvalue weighted by Gasteiger charge is 2.30. The van der Waals surface area contributed by atoms with E-state index in [2.05, 4.69) is 5.32 Å². The van der Waals surface area contributed by atoms with E-state index in [0.29, 0.717) is 13.2 Å². The van der Waals surface area contributed by atoms with Crippen molar-refractivity contribution in [3.63, 3.8) is 0 Å². The summed E-state index contributed by atoms with van der Waals surface area (Å²) >= 11 is 0. The van der Waals surface area contributed by atoms with E-state index in [0.717, 1.165) is 39.1 Å². The summed E-state index contributed by atoms with van der Waals surface area (Å²) in [6, 6.07) is -0.163. The van der Waals surface area contributed by atoms with E-state index in [-0.39, 0.29) is 18.1 Å². The molecule has 5 heteroatoms. The van der Waals surface area contributed by atoms with Crippen LogP contribution in [0.2, 0.25) is 0 Å². The second-order valence-corrected chi connectivity index (χ2v) is 4.59. The summed E-state index contributed by atoms with van der Waals surface area (Å²) in [5, 5.41) is 3.21. The smallest absolute Gasteiger partial charge is 0.242 e. The molecule has 0 aromatic carbocycles. The van der Waals surface area contributed by atoms with E-state index in [4.69, 9.17) is 9.47 Å². The highest BCUT2D eigenvalue weighted by molar-refractivity contribution is 5.82. The number of nitrogens with zero attached hydrogens (tertiary/aromatic N) is 1. The molecule has 2 aliphatic heterocycles. The maximum absolute atomic E-state index is 12.2. The molecule has 2 aliphatic rings. The van der Waals surface area contributed by atoms with Crippen LogP contribution in [0.3, 0.4) is 0 Å². The maximum Gasteiger partial charge on any atom is 0.242 e. The Morgan fingerprint density at radius 3 is 3.18 bits per heavy atom. The monoisotopic (exact) mass is 242 g/mol. The van der Waals surface area contributed by atoms with Gasteiger partial charge in [0.1, 0.15) is 6.04 Å². The van der Waals surface area contributed by atoms with Gasteiger partial charge in [-0.2, -0.15) is 0 Å². The predicted octanol–water partition coefficient (Wildman–Crippen LogP) is 0.00230. The molecule has 2 heterocycles. The molecule has 2 rings (SSSR count). The van der Waals surface area contributed by atoms with Gasteiger partial charge in [-0.15, -0.1) is 0 Å². The van der Waals surface area contributed by atoms with Crippen molar-refractivity contribution >= 4 is 5.91 Å². The Hall–Kier alpha value is -0.650. The second kappa shape index (κ2) is 6.33. The molecule has 2 saturated heterocycles. The highest BCUT2D eigenvalue weighted by atomic mass is 16.5. The van der Waals surface area contributed by atoms with Gasteiger partial charge < -0.3 is 19.7 Å². The molecule has 5 nitrogen and oxygen atoms in total. The molecule has 0 bridgehead atoms. The van der Waals surface area contributed by atoms with Crippen LogP contribution in [0.5, 0.6) is 0 Å². The second-order valence-electron chi connectivity index (χ2n) is 4.59. The van der Waals surface area contributed by atoms with Gasteiger partial charge in [-0.25, -0.2) is 0 Å². The van der Waals surface area contributed by atoms with Gasteiger partial charge in [0.25, 0.3) is 0 Å². The van der Waals surface area contributed by atoms with Crippen LogP contribution in [0, 0.1) is 0 Å².